The molecule has 1 N–H and O–H groups in total. The lowest BCUT2D eigenvalue weighted by atomic mass is 10.1. The molecular weight excluding hydrogens is 262 g/mol. The van der Waals surface area contributed by atoms with Crippen molar-refractivity contribution in [3.8, 4) is 0 Å². The minimum Gasteiger partial charge on any atom is -0.371 e. The summed E-state index contributed by atoms with van der Waals surface area (Å²) in [4.78, 5) is 2.24. The zero-order valence-corrected chi connectivity index (χ0v) is 11.2. The van der Waals surface area contributed by atoms with Crippen molar-refractivity contribution in [3.63, 3.8) is 0 Å². The zero-order valence-electron chi connectivity index (χ0n) is 10.4. The van der Waals surface area contributed by atoms with Gasteiger partial charge in [-0.15, -0.1) is 0 Å². The lowest BCUT2D eigenvalue weighted by Gasteiger charge is -2.20. The Hall–Kier alpha value is -1.59. The van der Waals surface area contributed by atoms with Crippen molar-refractivity contribution >= 4 is 26.6 Å². The Morgan fingerprint density at radius 3 is 2.21 bits per heavy atom. The van der Waals surface area contributed by atoms with E-state index in [4.69, 9.17) is 0 Å². The first kappa shape index (κ1) is 12.4. The van der Waals surface area contributed by atoms with Gasteiger partial charge >= 0.3 is 0 Å². The molecule has 5 heteroatoms. The van der Waals surface area contributed by atoms with E-state index in [9.17, 15) is 13.0 Å². The van der Waals surface area contributed by atoms with Gasteiger partial charge < -0.3 is 4.90 Å². The van der Waals surface area contributed by atoms with Gasteiger partial charge in [0.15, 0.2) is 0 Å². The average Bonchev–Trinajstić information content (AvgIpc) is 2.90. The summed E-state index contributed by atoms with van der Waals surface area (Å²) in [7, 11) is -4.19. The second kappa shape index (κ2) is 4.51. The third kappa shape index (κ3) is 2.19. The summed E-state index contributed by atoms with van der Waals surface area (Å²) in [6.45, 7) is 1.99. The lowest BCUT2D eigenvalue weighted by molar-refractivity contribution is 0.484. The van der Waals surface area contributed by atoms with E-state index in [0.29, 0.717) is 5.39 Å². The van der Waals surface area contributed by atoms with Crippen molar-refractivity contribution < 1.29 is 13.0 Å². The van der Waals surface area contributed by atoms with Gasteiger partial charge in [-0.3, -0.25) is 4.55 Å². The summed E-state index contributed by atoms with van der Waals surface area (Å²) in [6.07, 6.45) is 2.32. The van der Waals surface area contributed by atoms with Gasteiger partial charge in [-0.2, -0.15) is 8.42 Å². The molecule has 3 rings (SSSR count). The first-order valence-electron chi connectivity index (χ1n) is 6.31. The summed E-state index contributed by atoms with van der Waals surface area (Å²) < 4.78 is 32.1. The molecule has 2 aromatic rings. The van der Waals surface area contributed by atoms with E-state index < -0.39 is 10.1 Å². The van der Waals surface area contributed by atoms with Crippen LogP contribution in [0.4, 0.5) is 5.69 Å². The van der Waals surface area contributed by atoms with Crippen LogP contribution in [-0.4, -0.2) is 26.1 Å². The number of rotatable bonds is 2. The highest BCUT2D eigenvalue weighted by Crippen LogP contribution is 2.33. The minimum absolute atomic E-state index is 0.0222. The van der Waals surface area contributed by atoms with E-state index >= 15 is 0 Å². The number of fused-ring (bicyclic) bond motifs is 1. The van der Waals surface area contributed by atoms with Gasteiger partial charge in [0.2, 0.25) is 0 Å². The normalized spacial score (nSPS) is 16.2. The van der Waals surface area contributed by atoms with E-state index in [2.05, 4.69) is 4.90 Å². The number of hydrogen-bond donors (Lipinski definition) is 1. The number of benzene rings is 2. The van der Waals surface area contributed by atoms with Gasteiger partial charge in [-0.05, 0) is 25.0 Å². The molecule has 0 radical (unpaired) electrons. The van der Waals surface area contributed by atoms with Gasteiger partial charge in [-0.25, -0.2) is 0 Å². The van der Waals surface area contributed by atoms with Gasteiger partial charge in [0.25, 0.3) is 10.1 Å². The molecule has 0 aliphatic carbocycles. The molecule has 0 aromatic heterocycles. The third-order valence-corrected chi connectivity index (χ3v) is 4.50. The summed E-state index contributed by atoms with van der Waals surface area (Å²) in [5.74, 6) is 0. The van der Waals surface area contributed by atoms with Crippen molar-refractivity contribution in [3.05, 3.63) is 36.4 Å². The van der Waals surface area contributed by atoms with Crippen LogP contribution >= 0.6 is 0 Å². The quantitative estimate of drug-likeness (QED) is 0.857. The van der Waals surface area contributed by atoms with Gasteiger partial charge in [-0.1, -0.05) is 24.3 Å². The summed E-state index contributed by atoms with van der Waals surface area (Å²) in [6, 6.07) is 10.6. The molecule has 1 saturated heterocycles. The van der Waals surface area contributed by atoms with Crippen molar-refractivity contribution in [1.82, 2.24) is 0 Å². The molecule has 1 fully saturated rings. The largest absolute Gasteiger partial charge is 0.371 e. The monoisotopic (exact) mass is 277 g/mol. The number of hydrogen-bond acceptors (Lipinski definition) is 3. The van der Waals surface area contributed by atoms with Crippen LogP contribution < -0.4 is 4.90 Å². The van der Waals surface area contributed by atoms with E-state index in [1.165, 1.54) is 6.07 Å². The molecular formula is C14H15NO3S. The first-order chi connectivity index (χ1) is 9.07. The van der Waals surface area contributed by atoms with Crippen LogP contribution in [0.1, 0.15) is 12.8 Å². The molecule has 0 unspecified atom stereocenters. The Labute approximate surface area is 112 Å². The van der Waals surface area contributed by atoms with Gasteiger partial charge in [0.05, 0.1) is 0 Å². The van der Waals surface area contributed by atoms with Crippen molar-refractivity contribution in [2.45, 2.75) is 17.7 Å². The van der Waals surface area contributed by atoms with Crippen LogP contribution in [0.15, 0.2) is 41.3 Å². The van der Waals surface area contributed by atoms with Gasteiger partial charge in [0.1, 0.15) is 4.90 Å². The van der Waals surface area contributed by atoms with Crippen LogP contribution in [-0.2, 0) is 10.1 Å². The second-order valence-corrected chi connectivity index (χ2v) is 6.19. The fourth-order valence-electron chi connectivity index (χ4n) is 2.71. The van der Waals surface area contributed by atoms with Gasteiger partial charge in [0, 0.05) is 29.5 Å². The Morgan fingerprint density at radius 1 is 0.947 bits per heavy atom. The number of anilines is 1. The molecule has 0 amide bonds. The Balaban J connectivity index is 2.27. The van der Waals surface area contributed by atoms with E-state index in [1.807, 2.05) is 12.1 Å². The van der Waals surface area contributed by atoms with Crippen LogP contribution in [0, 0.1) is 0 Å². The molecule has 1 heterocycles. The lowest BCUT2D eigenvalue weighted by Crippen LogP contribution is -2.18. The van der Waals surface area contributed by atoms with Crippen molar-refractivity contribution in [2.75, 3.05) is 18.0 Å². The maximum atomic E-state index is 11.4. The summed E-state index contributed by atoms with van der Waals surface area (Å²) >= 11 is 0. The van der Waals surface area contributed by atoms with Crippen LogP contribution in [0.3, 0.4) is 0 Å². The molecule has 19 heavy (non-hydrogen) atoms. The van der Waals surface area contributed by atoms with Crippen LogP contribution in [0.2, 0.25) is 0 Å². The Bertz CT molecular complexity index is 719. The van der Waals surface area contributed by atoms with E-state index in [-0.39, 0.29) is 4.90 Å². The highest BCUT2D eigenvalue weighted by molar-refractivity contribution is 7.86. The van der Waals surface area contributed by atoms with E-state index in [1.54, 1.807) is 18.2 Å². The summed E-state index contributed by atoms with van der Waals surface area (Å²) in [5, 5.41) is 1.45. The molecule has 1 aliphatic rings. The molecule has 0 atom stereocenters. The topological polar surface area (TPSA) is 57.6 Å². The number of nitrogens with zero attached hydrogens (tertiary/aromatic N) is 1. The molecule has 0 saturated carbocycles. The maximum Gasteiger partial charge on any atom is 0.295 e. The van der Waals surface area contributed by atoms with Crippen molar-refractivity contribution in [1.29, 1.82) is 0 Å². The fraction of sp³-hybridized carbons (Fsp3) is 0.286. The Kier molecular flexibility index (Phi) is 2.95. The molecule has 100 valence electrons. The predicted octanol–water partition coefficient (Wildman–Crippen LogP) is 2.69. The zero-order chi connectivity index (χ0) is 13.5. The average molecular weight is 277 g/mol. The highest BCUT2D eigenvalue weighted by atomic mass is 32.2. The second-order valence-electron chi connectivity index (χ2n) is 4.80. The molecule has 0 spiro atoms. The third-order valence-electron chi connectivity index (χ3n) is 3.59. The van der Waals surface area contributed by atoms with E-state index in [0.717, 1.165) is 37.0 Å². The smallest absolute Gasteiger partial charge is 0.295 e. The molecule has 1 aliphatic heterocycles. The molecule has 4 nitrogen and oxygen atoms in total. The highest BCUT2D eigenvalue weighted by Gasteiger charge is 2.19. The molecule has 0 bridgehead atoms. The Morgan fingerprint density at radius 2 is 1.58 bits per heavy atom. The summed E-state index contributed by atoms with van der Waals surface area (Å²) in [5.41, 5.74) is 1.04. The standard InChI is InChI=1S/C14H15NO3S/c16-19(17,18)14-8-7-13(15-9-3-4-10-15)11-5-1-2-6-12(11)14/h1-2,5-8H,3-4,9-10H2,(H,16,17,18). The van der Waals surface area contributed by atoms with Crippen LogP contribution in [0.5, 0.6) is 0 Å². The minimum atomic E-state index is -4.19. The van der Waals surface area contributed by atoms with Crippen molar-refractivity contribution in [2.24, 2.45) is 0 Å². The predicted molar refractivity (Wildman–Crippen MR) is 75.2 cm³/mol. The first-order valence-corrected chi connectivity index (χ1v) is 7.75. The van der Waals surface area contributed by atoms with Crippen LogP contribution in [0.25, 0.3) is 10.8 Å². The fourth-order valence-corrected chi connectivity index (χ4v) is 3.41. The molecule has 2 aromatic carbocycles. The SMILES string of the molecule is O=S(=O)(O)c1ccc(N2CCCC2)c2ccccc12. The maximum absolute atomic E-state index is 11.4.